The van der Waals surface area contributed by atoms with Gasteiger partial charge in [0.15, 0.2) is 0 Å². The van der Waals surface area contributed by atoms with Crippen molar-refractivity contribution in [3.05, 3.63) is 133 Å². The summed E-state index contributed by atoms with van der Waals surface area (Å²) in [6, 6.07) is 34.4. The lowest BCUT2D eigenvalue weighted by atomic mass is 9.76. The highest BCUT2D eigenvalue weighted by Crippen LogP contribution is 2.43. The first-order chi connectivity index (χ1) is 17.6. The third kappa shape index (κ3) is 4.03. The largest absolute Gasteiger partial charge is 0.480 e. The second-order valence-corrected chi connectivity index (χ2v) is 9.02. The Bertz CT molecular complexity index is 1530. The molecule has 1 atom stereocenters. The molecular weight excluding hydrogens is 444 g/mol. The van der Waals surface area contributed by atoms with Crippen molar-refractivity contribution < 1.29 is 14.3 Å². The van der Waals surface area contributed by atoms with Crippen LogP contribution in [-0.2, 0) is 16.6 Å². The molecule has 0 bridgehead atoms. The van der Waals surface area contributed by atoms with Gasteiger partial charge in [-0.15, -0.1) is 6.58 Å². The van der Waals surface area contributed by atoms with Gasteiger partial charge in [0, 0.05) is 17.4 Å². The maximum Gasteiger partial charge on any atom is 0.317 e. The number of carboxylic acid groups (broad SMARTS) is 1. The van der Waals surface area contributed by atoms with Gasteiger partial charge in [0.05, 0.1) is 0 Å². The molecule has 0 spiro atoms. The summed E-state index contributed by atoms with van der Waals surface area (Å²) in [7, 11) is 0. The van der Waals surface area contributed by atoms with Gasteiger partial charge in [-0.05, 0) is 46.4 Å². The van der Waals surface area contributed by atoms with Crippen molar-refractivity contribution in [2.45, 2.75) is 25.2 Å². The summed E-state index contributed by atoms with van der Waals surface area (Å²) in [4.78, 5) is 12.5. The van der Waals surface area contributed by atoms with E-state index >= 15 is 0 Å². The molecule has 0 saturated carbocycles. The number of hydrogen-bond donors (Lipinski definition) is 1. The van der Waals surface area contributed by atoms with Crippen LogP contribution in [0, 0.1) is 0 Å². The molecule has 178 valence electrons. The first-order valence-corrected chi connectivity index (χ1v) is 12.2. The summed E-state index contributed by atoms with van der Waals surface area (Å²) in [6.45, 7) is 5.78. The van der Waals surface area contributed by atoms with Gasteiger partial charge >= 0.3 is 5.97 Å². The third-order valence-corrected chi connectivity index (χ3v) is 7.05. The van der Waals surface area contributed by atoms with E-state index in [2.05, 4.69) is 36.9 Å². The van der Waals surface area contributed by atoms with E-state index < -0.39 is 11.4 Å². The van der Waals surface area contributed by atoms with Gasteiger partial charge in [-0.2, -0.15) is 0 Å². The van der Waals surface area contributed by atoms with Crippen LogP contribution in [0.2, 0.25) is 0 Å². The number of hydrogen-bond acceptors (Lipinski definition) is 2. The van der Waals surface area contributed by atoms with E-state index in [-0.39, 0.29) is 0 Å². The van der Waals surface area contributed by atoms with Gasteiger partial charge in [0.1, 0.15) is 16.8 Å². The second-order valence-electron chi connectivity index (χ2n) is 9.02. The average molecular weight is 473 g/mol. The zero-order valence-electron chi connectivity index (χ0n) is 20.3. The predicted molar refractivity (Wildman–Crippen MR) is 146 cm³/mol. The van der Waals surface area contributed by atoms with Crippen molar-refractivity contribution in [1.29, 1.82) is 0 Å². The molecule has 0 aliphatic carbocycles. The van der Waals surface area contributed by atoms with Gasteiger partial charge < -0.3 is 9.52 Å². The number of rotatable bonds is 8. The van der Waals surface area contributed by atoms with Crippen LogP contribution >= 0.6 is 0 Å². The van der Waals surface area contributed by atoms with E-state index in [4.69, 9.17) is 4.42 Å². The average Bonchev–Trinajstić information content (AvgIpc) is 3.28. The number of carboxylic acids is 1. The van der Waals surface area contributed by atoms with E-state index in [1.807, 2.05) is 79.7 Å². The molecule has 1 heterocycles. The molecule has 0 aliphatic heterocycles. The standard InChI is InChI=1S/C33H28O3/c1-3-33(4-2,32(34)35)25-19-20-26(24-15-9-6-10-16-24)28(22-25)31-27-17-11-12-18-29(27)36-30(31)21-23-13-7-5-8-14-23/h3,5-20,22H,1,4,21H2,2H3,(H,34,35). The molecule has 0 saturated heterocycles. The fraction of sp³-hybridized carbons (Fsp3) is 0.121. The smallest absolute Gasteiger partial charge is 0.317 e. The fourth-order valence-electron chi connectivity index (χ4n) is 5.02. The fourth-order valence-corrected chi connectivity index (χ4v) is 5.02. The van der Waals surface area contributed by atoms with Crippen molar-refractivity contribution in [2.24, 2.45) is 0 Å². The van der Waals surface area contributed by atoms with Crippen LogP contribution in [0.5, 0.6) is 0 Å². The Hall–Kier alpha value is -4.37. The van der Waals surface area contributed by atoms with Crippen molar-refractivity contribution >= 4 is 16.9 Å². The van der Waals surface area contributed by atoms with Crippen LogP contribution in [0.3, 0.4) is 0 Å². The topological polar surface area (TPSA) is 50.4 Å². The van der Waals surface area contributed by atoms with Gasteiger partial charge in [0.2, 0.25) is 0 Å². The normalized spacial score (nSPS) is 12.8. The molecule has 0 fully saturated rings. The molecule has 3 heteroatoms. The van der Waals surface area contributed by atoms with E-state index in [9.17, 15) is 9.90 Å². The molecule has 5 aromatic rings. The van der Waals surface area contributed by atoms with Gasteiger partial charge in [-0.25, -0.2) is 0 Å². The van der Waals surface area contributed by atoms with E-state index in [0.29, 0.717) is 18.4 Å². The lowest BCUT2D eigenvalue weighted by molar-refractivity contribution is -0.142. The Morgan fingerprint density at radius 1 is 0.889 bits per heavy atom. The van der Waals surface area contributed by atoms with Crippen LogP contribution in [0.1, 0.15) is 30.2 Å². The molecule has 1 N–H and O–H groups in total. The molecule has 5 rings (SSSR count). The predicted octanol–water partition coefficient (Wildman–Crippen LogP) is 8.28. The molecule has 3 nitrogen and oxygen atoms in total. The first kappa shape index (κ1) is 23.4. The monoisotopic (exact) mass is 472 g/mol. The second kappa shape index (κ2) is 9.71. The van der Waals surface area contributed by atoms with Crippen molar-refractivity contribution in [3.63, 3.8) is 0 Å². The summed E-state index contributed by atoms with van der Waals surface area (Å²) >= 11 is 0. The van der Waals surface area contributed by atoms with Gasteiger partial charge in [-0.3, -0.25) is 4.79 Å². The summed E-state index contributed by atoms with van der Waals surface area (Å²) in [5.41, 5.74) is 5.53. The highest BCUT2D eigenvalue weighted by atomic mass is 16.4. The van der Waals surface area contributed by atoms with Crippen LogP contribution in [0.25, 0.3) is 33.2 Å². The summed E-state index contributed by atoms with van der Waals surface area (Å²) in [5, 5.41) is 11.2. The summed E-state index contributed by atoms with van der Waals surface area (Å²) < 4.78 is 6.44. The van der Waals surface area contributed by atoms with Crippen LogP contribution < -0.4 is 0 Å². The number of benzene rings is 4. The number of furan rings is 1. The van der Waals surface area contributed by atoms with Crippen molar-refractivity contribution in [3.8, 4) is 22.3 Å². The quantitative estimate of drug-likeness (QED) is 0.231. The Kier molecular flexibility index (Phi) is 6.30. The number of fused-ring (bicyclic) bond motifs is 1. The van der Waals surface area contributed by atoms with E-state index in [0.717, 1.165) is 44.5 Å². The number of carbonyl (C=O) groups is 1. The molecule has 4 aromatic carbocycles. The maximum absolute atomic E-state index is 12.5. The van der Waals surface area contributed by atoms with Crippen molar-refractivity contribution in [1.82, 2.24) is 0 Å². The third-order valence-electron chi connectivity index (χ3n) is 7.05. The van der Waals surface area contributed by atoms with Gasteiger partial charge in [0.25, 0.3) is 0 Å². The maximum atomic E-state index is 12.5. The minimum atomic E-state index is -1.18. The van der Waals surface area contributed by atoms with E-state index in [1.54, 1.807) is 6.08 Å². The van der Waals surface area contributed by atoms with E-state index in [1.165, 1.54) is 0 Å². The minimum absolute atomic E-state index is 0.402. The van der Waals surface area contributed by atoms with Gasteiger partial charge in [-0.1, -0.05) is 104 Å². The summed E-state index contributed by atoms with van der Waals surface area (Å²) in [5.74, 6) is -0.0484. The lowest BCUT2D eigenvalue weighted by Crippen LogP contribution is -2.32. The molecular formula is C33H28O3. The summed E-state index contributed by atoms with van der Waals surface area (Å²) in [6.07, 6.45) is 2.58. The Morgan fingerprint density at radius 2 is 1.56 bits per heavy atom. The zero-order chi connectivity index (χ0) is 25.1. The molecule has 0 amide bonds. The SMILES string of the molecule is C=CC(CC)(C(=O)O)c1ccc(-c2ccccc2)c(-c2c(Cc3ccccc3)oc3ccccc23)c1. The van der Waals surface area contributed by atoms with Crippen molar-refractivity contribution in [2.75, 3.05) is 0 Å². The Morgan fingerprint density at radius 3 is 2.22 bits per heavy atom. The Labute approximate surface area is 211 Å². The minimum Gasteiger partial charge on any atom is -0.480 e. The number of aliphatic carboxylic acids is 1. The molecule has 0 aliphatic rings. The van der Waals surface area contributed by atoms with Crippen LogP contribution in [0.4, 0.5) is 0 Å². The zero-order valence-corrected chi connectivity index (χ0v) is 20.3. The molecule has 1 unspecified atom stereocenters. The highest BCUT2D eigenvalue weighted by molar-refractivity contribution is 6.01. The van der Waals surface area contributed by atoms with Crippen LogP contribution in [0.15, 0.2) is 120 Å². The molecule has 1 aromatic heterocycles. The first-order valence-electron chi connectivity index (χ1n) is 12.2. The lowest BCUT2D eigenvalue weighted by Gasteiger charge is -2.26. The highest BCUT2D eigenvalue weighted by Gasteiger charge is 2.36. The van der Waals surface area contributed by atoms with Crippen LogP contribution in [-0.4, -0.2) is 11.1 Å². The Balaban J connectivity index is 1.83. The number of para-hydroxylation sites is 1. The molecule has 0 radical (unpaired) electrons. The molecule has 36 heavy (non-hydrogen) atoms.